The smallest absolute Gasteiger partial charge is 0.105 e. The molecular formula is C24H32N4. The van der Waals surface area contributed by atoms with Crippen molar-refractivity contribution >= 4 is 11.8 Å². The van der Waals surface area contributed by atoms with Crippen LogP contribution in [0, 0.1) is 12.8 Å². The van der Waals surface area contributed by atoms with E-state index in [1.165, 1.54) is 41.7 Å². The molecule has 0 saturated carbocycles. The minimum atomic E-state index is 0.594. The maximum atomic E-state index is 5.00. The van der Waals surface area contributed by atoms with Gasteiger partial charge in [0, 0.05) is 30.8 Å². The third kappa shape index (κ3) is 4.01. The van der Waals surface area contributed by atoms with Crippen molar-refractivity contribution in [3.8, 4) is 11.3 Å². The molecule has 0 N–H and O–H groups in total. The number of allylic oxidation sites excluding steroid dienone is 2. The second kappa shape index (κ2) is 8.68. The average molecular weight is 377 g/mol. The second-order valence-corrected chi connectivity index (χ2v) is 7.80. The Morgan fingerprint density at radius 3 is 2.82 bits per heavy atom. The topological polar surface area (TPSA) is 43.1 Å². The van der Waals surface area contributed by atoms with Gasteiger partial charge in [-0.25, -0.2) is 4.98 Å². The molecule has 0 aromatic carbocycles. The molecular weight excluding hydrogens is 344 g/mol. The maximum Gasteiger partial charge on any atom is 0.105 e. The predicted octanol–water partition coefficient (Wildman–Crippen LogP) is 5.90. The van der Waals surface area contributed by atoms with Gasteiger partial charge < -0.3 is 4.57 Å². The highest BCUT2D eigenvalue weighted by molar-refractivity contribution is 5.99. The van der Waals surface area contributed by atoms with Crippen molar-refractivity contribution in [3.63, 3.8) is 0 Å². The lowest BCUT2D eigenvalue weighted by Gasteiger charge is -2.12. The number of imidazole rings is 1. The van der Waals surface area contributed by atoms with E-state index >= 15 is 0 Å². The Labute approximate surface area is 169 Å². The summed E-state index contributed by atoms with van der Waals surface area (Å²) in [5.41, 5.74) is 8.14. The molecule has 148 valence electrons. The number of rotatable bonds is 7. The van der Waals surface area contributed by atoms with Crippen LogP contribution in [0.2, 0.25) is 0 Å². The molecule has 1 atom stereocenters. The van der Waals surface area contributed by atoms with Crippen LogP contribution in [0.3, 0.4) is 0 Å². The third-order valence-electron chi connectivity index (χ3n) is 5.75. The molecule has 2 heterocycles. The van der Waals surface area contributed by atoms with Gasteiger partial charge in [0.25, 0.3) is 0 Å². The van der Waals surface area contributed by atoms with Gasteiger partial charge in [-0.15, -0.1) is 0 Å². The van der Waals surface area contributed by atoms with Crippen LogP contribution < -0.4 is 0 Å². The predicted molar refractivity (Wildman–Crippen MR) is 119 cm³/mol. The molecule has 28 heavy (non-hydrogen) atoms. The monoisotopic (exact) mass is 376 g/mol. The Bertz CT molecular complexity index is 944. The van der Waals surface area contributed by atoms with E-state index in [1.54, 1.807) is 0 Å². The molecule has 0 saturated heterocycles. The second-order valence-electron chi connectivity index (χ2n) is 7.80. The number of hydrogen-bond donors (Lipinski definition) is 0. The van der Waals surface area contributed by atoms with Crippen molar-refractivity contribution in [3.05, 3.63) is 52.9 Å². The average Bonchev–Trinajstić information content (AvgIpc) is 3.27. The number of unbranched alkanes of at least 4 members (excludes halogenated alkanes) is 1. The minimum Gasteiger partial charge on any atom is -0.331 e. The number of nitrogens with zero attached hydrogens (tertiary/aromatic N) is 4. The summed E-state index contributed by atoms with van der Waals surface area (Å²) in [5.74, 6) is 1.61. The standard InChI is InChI=1S/C24H32N4/c1-7-9-10-16(3)19-12-20-21(24-15-26-18(5)28(24)6)14-22(27-23(20)13-19)17(4)25-11-8-2/h8,11-12,14-16H,7,9-10,13H2,1-6H3/b11-8-,25-17+/t16-/m0/s1. The summed E-state index contributed by atoms with van der Waals surface area (Å²) in [5, 5.41) is 0. The van der Waals surface area contributed by atoms with Crippen molar-refractivity contribution in [2.24, 2.45) is 18.0 Å². The zero-order valence-corrected chi connectivity index (χ0v) is 18.1. The minimum absolute atomic E-state index is 0.594. The summed E-state index contributed by atoms with van der Waals surface area (Å²) >= 11 is 0. The van der Waals surface area contributed by atoms with Gasteiger partial charge in [-0.05, 0) is 39.2 Å². The lowest BCUT2D eigenvalue weighted by molar-refractivity contribution is 0.566. The highest BCUT2D eigenvalue weighted by Crippen LogP contribution is 2.37. The summed E-state index contributed by atoms with van der Waals surface area (Å²) in [7, 11) is 2.08. The third-order valence-corrected chi connectivity index (χ3v) is 5.75. The highest BCUT2D eigenvalue weighted by atomic mass is 15.1. The molecule has 4 heteroatoms. The first-order valence-corrected chi connectivity index (χ1v) is 10.3. The Balaban J connectivity index is 2.10. The van der Waals surface area contributed by atoms with Crippen LogP contribution in [-0.4, -0.2) is 20.2 Å². The summed E-state index contributed by atoms with van der Waals surface area (Å²) in [6.45, 7) is 10.7. The van der Waals surface area contributed by atoms with E-state index in [0.29, 0.717) is 5.92 Å². The number of fused-ring (bicyclic) bond motifs is 1. The van der Waals surface area contributed by atoms with Crippen LogP contribution >= 0.6 is 0 Å². The van der Waals surface area contributed by atoms with Gasteiger partial charge in [0.15, 0.2) is 0 Å². The zero-order chi connectivity index (χ0) is 20.3. The summed E-state index contributed by atoms with van der Waals surface area (Å²) in [6, 6.07) is 2.17. The van der Waals surface area contributed by atoms with Crippen molar-refractivity contribution in [2.45, 2.75) is 60.3 Å². The lowest BCUT2D eigenvalue weighted by atomic mass is 9.94. The Morgan fingerprint density at radius 1 is 1.39 bits per heavy atom. The van der Waals surface area contributed by atoms with Crippen LogP contribution in [-0.2, 0) is 13.5 Å². The first-order chi connectivity index (χ1) is 13.5. The molecule has 0 fully saturated rings. The quantitative estimate of drug-likeness (QED) is 0.565. The van der Waals surface area contributed by atoms with Crippen LogP contribution in [0.15, 0.2) is 35.1 Å². The molecule has 2 aromatic rings. The summed E-state index contributed by atoms with van der Waals surface area (Å²) < 4.78 is 2.16. The van der Waals surface area contributed by atoms with Gasteiger partial charge >= 0.3 is 0 Å². The molecule has 0 radical (unpaired) electrons. The van der Waals surface area contributed by atoms with E-state index in [4.69, 9.17) is 4.98 Å². The van der Waals surface area contributed by atoms with Gasteiger partial charge in [0.2, 0.25) is 0 Å². The molecule has 1 aliphatic rings. The van der Waals surface area contributed by atoms with Gasteiger partial charge in [-0.1, -0.05) is 44.4 Å². The van der Waals surface area contributed by atoms with E-state index in [0.717, 1.165) is 29.3 Å². The number of pyridine rings is 1. The van der Waals surface area contributed by atoms with Gasteiger partial charge in [0.05, 0.1) is 29.0 Å². The molecule has 0 bridgehead atoms. The van der Waals surface area contributed by atoms with Gasteiger partial charge in [-0.3, -0.25) is 9.98 Å². The molecule has 3 rings (SSSR count). The zero-order valence-electron chi connectivity index (χ0n) is 18.1. The molecule has 0 spiro atoms. The first-order valence-electron chi connectivity index (χ1n) is 10.3. The van der Waals surface area contributed by atoms with E-state index in [9.17, 15) is 0 Å². The SMILES string of the molecule is C/C=C\N=C(/C)c1cc(-c2cnc(C)n2C)c2c(n1)CC([C@@H](C)CCCC)=C2. The fourth-order valence-corrected chi connectivity index (χ4v) is 3.75. The van der Waals surface area contributed by atoms with Crippen LogP contribution in [0.5, 0.6) is 0 Å². The van der Waals surface area contributed by atoms with E-state index in [1.807, 2.05) is 39.2 Å². The maximum absolute atomic E-state index is 5.00. The van der Waals surface area contributed by atoms with Crippen LogP contribution in [0.25, 0.3) is 17.3 Å². The number of hydrogen-bond acceptors (Lipinski definition) is 3. The van der Waals surface area contributed by atoms with E-state index in [-0.39, 0.29) is 0 Å². The molecule has 4 nitrogen and oxygen atoms in total. The van der Waals surface area contributed by atoms with Gasteiger partial charge in [-0.2, -0.15) is 0 Å². The Morgan fingerprint density at radius 2 is 2.18 bits per heavy atom. The molecule has 1 aliphatic carbocycles. The van der Waals surface area contributed by atoms with E-state index < -0.39 is 0 Å². The molecule has 0 aliphatic heterocycles. The van der Waals surface area contributed by atoms with Crippen molar-refractivity contribution < 1.29 is 0 Å². The van der Waals surface area contributed by atoms with Crippen molar-refractivity contribution in [1.82, 2.24) is 14.5 Å². The molecule has 0 amide bonds. The number of aryl methyl sites for hydroxylation is 1. The van der Waals surface area contributed by atoms with Crippen molar-refractivity contribution in [1.29, 1.82) is 0 Å². The molecule has 2 aromatic heterocycles. The summed E-state index contributed by atoms with van der Waals surface area (Å²) in [6.07, 6.45) is 12.8. The van der Waals surface area contributed by atoms with Crippen LogP contribution in [0.1, 0.15) is 69.7 Å². The highest BCUT2D eigenvalue weighted by Gasteiger charge is 2.24. The van der Waals surface area contributed by atoms with Crippen molar-refractivity contribution in [2.75, 3.05) is 0 Å². The first kappa shape index (κ1) is 20.2. The fraction of sp³-hybridized carbons (Fsp3) is 0.458. The van der Waals surface area contributed by atoms with Gasteiger partial charge in [0.1, 0.15) is 5.82 Å². The summed E-state index contributed by atoms with van der Waals surface area (Å²) in [4.78, 5) is 14.0. The van der Waals surface area contributed by atoms with Crippen LogP contribution in [0.4, 0.5) is 0 Å². The van der Waals surface area contributed by atoms with E-state index in [2.05, 4.69) is 47.6 Å². The Kier molecular flexibility index (Phi) is 6.28. The largest absolute Gasteiger partial charge is 0.331 e. The molecule has 0 unspecified atom stereocenters. The number of aliphatic imine (C=N–C) groups is 1. The number of aromatic nitrogens is 3. The lowest BCUT2D eigenvalue weighted by Crippen LogP contribution is -2.06. The normalized spacial score (nSPS) is 15.2. The Hall–Kier alpha value is -2.49. The fourth-order valence-electron chi connectivity index (χ4n) is 3.75.